The standard InChI is InChI=1S/C11H15FN4O3S/c1-13-11(17)10-7-14-2-3-16(10)20(18,19)9-4-8(12)5-15-6-9/h4-6,10,14H,2-3,7H2,1H3,(H,13,17). The highest BCUT2D eigenvalue weighted by Gasteiger charge is 2.37. The highest BCUT2D eigenvalue weighted by atomic mass is 32.2. The number of pyridine rings is 1. The fourth-order valence-electron chi connectivity index (χ4n) is 2.03. The summed E-state index contributed by atoms with van der Waals surface area (Å²) in [6.07, 6.45) is 1.99. The maximum atomic E-state index is 13.1. The molecule has 0 aliphatic carbocycles. The molecule has 2 heterocycles. The van der Waals surface area contributed by atoms with Gasteiger partial charge in [-0.15, -0.1) is 0 Å². The summed E-state index contributed by atoms with van der Waals surface area (Å²) >= 11 is 0. The first-order valence-electron chi connectivity index (χ1n) is 6.01. The number of halogens is 1. The van der Waals surface area contributed by atoms with Gasteiger partial charge in [0, 0.05) is 32.9 Å². The van der Waals surface area contributed by atoms with E-state index < -0.39 is 27.8 Å². The molecule has 1 unspecified atom stereocenters. The Morgan fingerprint density at radius 3 is 2.95 bits per heavy atom. The summed E-state index contributed by atoms with van der Waals surface area (Å²) in [6, 6.07) is 0.0349. The van der Waals surface area contributed by atoms with Gasteiger partial charge in [-0.25, -0.2) is 12.8 Å². The summed E-state index contributed by atoms with van der Waals surface area (Å²) in [5.41, 5.74) is 0. The van der Waals surface area contributed by atoms with Crippen molar-refractivity contribution in [3.8, 4) is 0 Å². The van der Waals surface area contributed by atoms with Gasteiger partial charge in [-0.3, -0.25) is 9.78 Å². The van der Waals surface area contributed by atoms with Gasteiger partial charge in [-0.05, 0) is 6.07 Å². The van der Waals surface area contributed by atoms with Crippen molar-refractivity contribution in [2.24, 2.45) is 0 Å². The molecular formula is C11H15FN4O3S. The van der Waals surface area contributed by atoms with Crippen LogP contribution in [0.2, 0.25) is 0 Å². The molecule has 110 valence electrons. The van der Waals surface area contributed by atoms with E-state index in [2.05, 4.69) is 15.6 Å². The lowest BCUT2D eigenvalue weighted by Crippen LogP contribution is -2.59. The number of rotatable bonds is 3. The van der Waals surface area contributed by atoms with Crippen LogP contribution in [0.5, 0.6) is 0 Å². The van der Waals surface area contributed by atoms with Crippen LogP contribution in [0, 0.1) is 5.82 Å². The molecule has 0 bridgehead atoms. The Balaban J connectivity index is 2.38. The first-order valence-corrected chi connectivity index (χ1v) is 7.45. The maximum absolute atomic E-state index is 13.1. The van der Waals surface area contributed by atoms with Gasteiger partial charge in [0.25, 0.3) is 0 Å². The number of aromatic nitrogens is 1. The van der Waals surface area contributed by atoms with Crippen molar-refractivity contribution in [1.29, 1.82) is 0 Å². The lowest BCUT2D eigenvalue weighted by atomic mass is 10.2. The molecule has 1 saturated heterocycles. The molecule has 2 rings (SSSR count). The number of hydrogen-bond acceptors (Lipinski definition) is 5. The summed E-state index contributed by atoms with van der Waals surface area (Å²) in [4.78, 5) is 15.1. The van der Waals surface area contributed by atoms with Gasteiger partial charge in [0.15, 0.2) is 0 Å². The van der Waals surface area contributed by atoms with E-state index >= 15 is 0 Å². The highest BCUT2D eigenvalue weighted by molar-refractivity contribution is 7.89. The first-order chi connectivity index (χ1) is 9.46. The summed E-state index contributed by atoms with van der Waals surface area (Å²) in [6.45, 7) is 0.772. The molecular weight excluding hydrogens is 287 g/mol. The molecule has 1 aliphatic rings. The second kappa shape index (κ2) is 5.81. The monoisotopic (exact) mass is 302 g/mol. The highest BCUT2D eigenvalue weighted by Crippen LogP contribution is 2.19. The third-order valence-electron chi connectivity index (χ3n) is 3.03. The maximum Gasteiger partial charge on any atom is 0.245 e. The molecule has 1 amide bonds. The number of amides is 1. The van der Waals surface area contributed by atoms with E-state index in [0.717, 1.165) is 22.8 Å². The van der Waals surface area contributed by atoms with Crippen molar-refractivity contribution in [3.05, 3.63) is 24.3 Å². The Labute approximate surface area is 116 Å². The topological polar surface area (TPSA) is 91.4 Å². The van der Waals surface area contributed by atoms with Gasteiger partial charge in [0.2, 0.25) is 15.9 Å². The number of carbonyl (C=O) groups excluding carboxylic acids is 1. The number of hydrogen-bond donors (Lipinski definition) is 2. The van der Waals surface area contributed by atoms with Gasteiger partial charge in [-0.2, -0.15) is 4.31 Å². The van der Waals surface area contributed by atoms with Crippen molar-refractivity contribution in [2.75, 3.05) is 26.7 Å². The number of nitrogens with one attached hydrogen (secondary N) is 2. The Morgan fingerprint density at radius 1 is 1.55 bits per heavy atom. The zero-order valence-corrected chi connectivity index (χ0v) is 11.7. The van der Waals surface area contributed by atoms with Gasteiger partial charge >= 0.3 is 0 Å². The molecule has 2 N–H and O–H groups in total. The second-order valence-electron chi connectivity index (χ2n) is 4.29. The van der Waals surface area contributed by atoms with Gasteiger partial charge in [-0.1, -0.05) is 0 Å². The number of nitrogens with zero attached hydrogens (tertiary/aromatic N) is 2. The van der Waals surface area contributed by atoms with Gasteiger partial charge in [0.05, 0.1) is 6.20 Å². The molecule has 9 heteroatoms. The zero-order chi connectivity index (χ0) is 14.8. The smallest absolute Gasteiger partial charge is 0.245 e. The normalized spacial score (nSPS) is 20.6. The minimum atomic E-state index is -3.96. The molecule has 20 heavy (non-hydrogen) atoms. The molecule has 7 nitrogen and oxygen atoms in total. The number of likely N-dealkylation sites (N-methyl/N-ethyl adjacent to an activating group) is 1. The van der Waals surface area contributed by atoms with Crippen molar-refractivity contribution in [3.63, 3.8) is 0 Å². The van der Waals surface area contributed by atoms with Crippen molar-refractivity contribution >= 4 is 15.9 Å². The first kappa shape index (κ1) is 14.8. The average molecular weight is 302 g/mol. The van der Waals surface area contributed by atoms with Crippen LogP contribution in [-0.2, 0) is 14.8 Å². The fraction of sp³-hybridized carbons (Fsp3) is 0.455. The van der Waals surface area contributed by atoms with Gasteiger partial charge < -0.3 is 10.6 Å². The van der Waals surface area contributed by atoms with E-state index in [9.17, 15) is 17.6 Å². The van der Waals surface area contributed by atoms with E-state index in [0.29, 0.717) is 6.54 Å². The van der Waals surface area contributed by atoms with E-state index in [1.807, 2.05) is 0 Å². The molecule has 0 aromatic carbocycles. The van der Waals surface area contributed by atoms with Crippen LogP contribution in [0.1, 0.15) is 0 Å². The predicted molar refractivity (Wildman–Crippen MR) is 68.8 cm³/mol. The number of piperazine rings is 1. The van der Waals surface area contributed by atoms with Crippen molar-refractivity contribution in [2.45, 2.75) is 10.9 Å². The molecule has 1 aromatic heterocycles. The van der Waals surface area contributed by atoms with Gasteiger partial charge in [0.1, 0.15) is 16.8 Å². The molecule has 0 radical (unpaired) electrons. The molecule has 1 aromatic rings. The van der Waals surface area contributed by atoms with E-state index in [1.54, 1.807) is 0 Å². The average Bonchev–Trinajstić information content (AvgIpc) is 2.46. The lowest BCUT2D eigenvalue weighted by Gasteiger charge is -2.33. The van der Waals surface area contributed by atoms with Crippen LogP contribution in [0.3, 0.4) is 0 Å². The number of sulfonamides is 1. The SMILES string of the molecule is CNC(=O)C1CNCCN1S(=O)(=O)c1cncc(F)c1. The Bertz CT molecular complexity index is 607. The lowest BCUT2D eigenvalue weighted by molar-refractivity contribution is -0.124. The van der Waals surface area contributed by atoms with Crippen molar-refractivity contribution in [1.82, 2.24) is 19.9 Å². The van der Waals surface area contributed by atoms with Crippen LogP contribution in [0.15, 0.2) is 23.4 Å². The van der Waals surface area contributed by atoms with Crippen molar-refractivity contribution < 1.29 is 17.6 Å². The molecule has 1 atom stereocenters. The Kier molecular flexibility index (Phi) is 4.31. The minimum Gasteiger partial charge on any atom is -0.358 e. The van der Waals surface area contributed by atoms with E-state index in [4.69, 9.17) is 0 Å². The summed E-state index contributed by atoms with van der Waals surface area (Å²) in [7, 11) is -2.52. The van der Waals surface area contributed by atoms with E-state index in [-0.39, 0.29) is 18.0 Å². The third-order valence-corrected chi connectivity index (χ3v) is 4.90. The molecule has 0 spiro atoms. The number of carbonyl (C=O) groups is 1. The third kappa shape index (κ3) is 2.79. The van der Waals surface area contributed by atoms with E-state index in [1.165, 1.54) is 7.05 Å². The predicted octanol–water partition coefficient (Wildman–Crippen LogP) is -1.07. The quantitative estimate of drug-likeness (QED) is 0.742. The zero-order valence-electron chi connectivity index (χ0n) is 10.8. The Morgan fingerprint density at radius 2 is 2.30 bits per heavy atom. The summed E-state index contributed by atoms with van der Waals surface area (Å²) < 4.78 is 39.2. The Hall–Kier alpha value is -1.58. The summed E-state index contributed by atoms with van der Waals surface area (Å²) in [5, 5.41) is 5.38. The van der Waals surface area contributed by atoms with Crippen LogP contribution >= 0.6 is 0 Å². The molecule has 1 aliphatic heterocycles. The molecule has 0 saturated carbocycles. The second-order valence-corrected chi connectivity index (χ2v) is 6.18. The van der Waals surface area contributed by atoms with Crippen LogP contribution < -0.4 is 10.6 Å². The largest absolute Gasteiger partial charge is 0.358 e. The van der Waals surface area contributed by atoms with Crippen LogP contribution in [0.25, 0.3) is 0 Å². The molecule has 1 fully saturated rings. The summed E-state index contributed by atoms with van der Waals surface area (Å²) in [5.74, 6) is -1.15. The minimum absolute atomic E-state index is 0.136. The van der Waals surface area contributed by atoms with Crippen LogP contribution in [-0.4, -0.2) is 56.3 Å². The van der Waals surface area contributed by atoms with Crippen LogP contribution in [0.4, 0.5) is 4.39 Å². The fourth-order valence-corrected chi connectivity index (χ4v) is 3.60.